The summed E-state index contributed by atoms with van der Waals surface area (Å²) in [7, 11) is 1.28. The molecule has 0 aliphatic carbocycles. The maximum Gasteiger partial charge on any atom is 0.338 e. The van der Waals surface area contributed by atoms with Crippen molar-refractivity contribution in [2.75, 3.05) is 64.4 Å². The van der Waals surface area contributed by atoms with Crippen LogP contribution >= 0.6 is 22.9 Å². The number of amides is 2. The number of carboxylic acid groups (broad SMARTS) is 1. The molecule has 4 aliphatic heterocycles. The van der Waals surface area contributed by atoms with E-state index in [-0.39, 0.29) is 41.4 Å². The topological polar surface area (TPSA) is 143 Å². The summed E-state index contributed by atoms with van der Waals surface area (Å²) in [6, 6.07) is 6.61. The smallest absolute Gasteiger partial charge is 0.338 e. The average Bonchev–Trinajstić information content (AvgIpc) is 3.76. The molecule has 13 nitrogen and oxygen atoms in total. The third kappa shape index (κ3) is 7.19. The van der Waals surface area contributed by atoms with Crippen molar-refractivity contribution in [1.29, 1.82) is 0 Å². The second-order valence-electron chi connectivity index (χ2n) is 12.7. The van der Waals surface area contributed by atoms with Crippen LogP contribution in [0, 0.1) is 11.6 Å². The summed E-state index contributed by atoms with van der Waals surface area (Å²) in [6.07, 6.45) is 1.64. The number of anilines is 1. The van der Waals surface area contributed by atoms with Gasteiger partial charge in [-0.1, -0.05) is 23.7 Å². The van der Waals surface area contributed by atoms with Crippen LogP contribution in [0.5, 0.6) is 0 Å². The zero-order chi connectivity index (χ0) is 35.8. The molecule has 3 fully saturated rings. The molecule has 268 valence electrons. The number of aliphatic carboxylic acids is 1. The number of carbonyl (C=O) groups is 3. The molecular formula is C34H35ClF2N8O5S. The highest BCUT2D eigenvalue weighted by atomic mass is 35.5. The first-order chi connectivity index (χ1) is 24.6. The Labute approximate surface area is 301 Å². The first kappa shape index (κ1) is 34.9. The molecule has 1 unspecified atom stereocenters. The van der Waals surface area contributed by atoms with Gasteiger partial charge in [0.15, 0.2) is 10.8 Å². The standard InChI is InChI=1S/C34H35ClF2N8O5S/c1-50-33(48)28-25(40-30(31-39-7-11-51-31)41-29(28)22-4-3-20(36)13-23(22)35)17-43-9-10-44-21(15-43)16-45(34(44)49)27-5-2-19(12-24(27)37)14-42-8-6-38-26(18-42)32(46)47/h2-5,7,11-13,21,26,29,38H,6,8-10,14-18H2,1H3,(H,40,41)(H,46,47)/t21-,26?,29-/m0/s1. The third-order valence-electron chi connectivity index (χ3n) is 9.51. The summed E-state index contributed by atoms with van der Waals surface area (Å²) in [6.45, 7) is 3.69. The van der Waals surface area contributed by atoms with Crippen LogP contribution in [-0.4, -0.2) is 120 Å². The van der Waals surface area contributed by atoms with E-state index in [1.807, 2.05) is 4.90 Å². The molecule has 7 rings (SSSR count). The Morgan fingerprint density at radius 3 is 2.63 bits per heavy atom. The minimum Gasteiger partial charge on any atom is -0.480 e. The van der Waals surface area contributed by atoms with Crippen molar-refractivity contribution >= 4 is 52.4 Å². The van der Waals surface area contributed by atoms with E-state index < -0.39 is 35.7 Å². The Bertz CT molecular complexity index is 1910. The SMILES string of the molecule is COC(=O)C1=C(CN2CCN3C(=O)N(c4ccc(CN5CCNC(C(=O)O)C5)cc4F)C[C@@H]3C2)NC(c2nccs2)=N[C@H]1c1ccc(F)cc1Cl. The number of esters is 1. The zero-order valence-corrected chi connectivity index (χ0v) is 29.1. The number of ether oxygens (including phenoxy) is 1. The molecule has 3 N–H and O–H groups in total. The molecule has 4 aliphatic rings. The van der Waals surface area contributed by atoms with Crippen LogP contribution in [-0.2, 0) is 20.9 Å². The first-order valence-corrected chi connectivity index (χ1v) is 17.6. The monoisotopic (exact) mass is 740 g/mol. The predicted octanol–water partition coefficient (Wildman–Crippen LogP) is 3.08. The van der Waals surface area contributed by atoms with Crippen LogP contribution in [0.3, 0.4) is 0 Å². The lowest BCUT2D eigenvalue weighted by atomic mass is 9.95. The lowest BCUT2D eigenvalue weighted by Crippen LogP contribution is -2.53. The largest absolute Gasteiger partial charge is 0.480 e. The number of rotatable bonds is 9. The molecule has 0 radical (unpaired) electrons. The van der Waals surface area contributed by atoms with Gasteiger partial charge in [0.25, 0.3) is 0 Å². The molecule has 3 atom stereocenters. The number of nitrogens with zero attached hydrogens (tertiary/aromatic N) is 6. The molecule has 3 saturated heterocycles. The lowest BCUT2D eigenvalue weighted by Gasteiger charge is -2.38. The number of carbonyl (C=O) groups excluding carboxylic acids is 2. The molecule has 17 heteroatoms. The van der Waals surface area contributed by atoms with Gasteiger partial charge in [0.2, 0.25) is 0 Å². The maximum absolute atomic E-state index is 15.6. The van der Waals surface area contributed by atoms with Gasteiger partial charge in [-0.25, -0.2) is 23.4 Å². The summed E-state index contributed by atoms with van der Waals surface area (Å²) >= 11 is 7.85. The predicted molar refractivity (Wildman–Crippen MR) is 186 cm³/mol. The minimum atomic E-state index is -0.923. The van der Waals surface area contributed by atoms with E-state index in [1.165, 1.54) is 47.6 Å². The first-order valence-electron chi connectivity index (χ1n) is 16.4. The van der Waals surface area contributed by atoms with Gasteiger partial charge in [-0.3, -0.25) is 24.5 Å². The zero-order valence-electron chi connectivity index (χ0n) is 27.5. The number of halogens is 3. The molecule has 51 heavy (non-hydrogen) atoms. The number of benzene rings is 2. The number of nitrogens with one attached hydrogen (secondary N) is 2. The van der Waals surface area contributed by atoms with Crippen molar-refractivity contribution < 1.29 is 33.0 Å². The fraction of sp³-hybridized carbons (Fsp3) is 0.382. The van der Waals surface area contributed by atoms with Crippen LogP contribution in [0.1, 0.15) is 22.2 Å². The van der Waals surface area contributed by atoms with Crippen LogP contribution in [0.15, 0.2) is 64.2 Å². The van der Waals surface area contributed by atoms with Gasteiger partial charge < -0.3 is 25.4 Å². The number of carboxylic acids is 1. The average molecular weight is 741 g/mol. The van der Waals surface area contributed by atoms with E-state index in [9.17, 15) is 23.9 Å². The number of aliphatic imine (C=N–C) groups is 1. The number of hydrogen-bond donors (Lipinski definition) is 3. The van der Waals surface area contributed by atoms with Gasteiger partial charge in [-0.05, 0) is 29.8 Å². The normalized spacial score (nSPS) is 22.9. The second-order valence-corrected chi connectivity index (χ2v) is 14.0. The van der Waals surface area contributed by atoms with Gasteiger partial charge in [0, 0.05) is 86.8 Å². The molecule has 5 heterocycles. The van der Waals surface area contributed by atoms with E-state index >= 15 is 4.39 Å². The third-order valence-corrected chi connectivity index (χ3v) is 10.6. The Morgan fingerprint density at radius 1 is 1.08 bits per heavy atom. The van der Waals surface area contributed by atoms with Gasteiger partial charge >= 0.3 is 18.0 Å². The molecule has 0 bridgehead atoms. The molecule has 1 aromatic heterocycles. The molecule has 2 aromatic carbocycles. The van der Waals surface area contributed by atoms with E-state index in [2.05, 4.69) is 20.5 Å². The van der Waals surface area contributed by atoms with Crippen LogP contribution < -0.4 is 15.5 Å². The van der Waals surface area contributed by atoms with E-state index in [0.717, 1.165) is 0 Å². The van der Waals surface area contributed by atoms with Crippen molar-refractivity contribution in [1.82, 2.24) is 30.3 Å². The molecular weight excluding hydrogens is 706 g/mol. The highest BCUT2D eigenvalue weighted by molar-refractivity contribution is 7.11. The van der Waals surface area contributed by atoms with Crippen molar-refractivity contribution in [2.45, 2.75) is 24.7 Å². The summed E-state index contributed by atoms with van der Waals surface area (Å²) < 4.78 is 34.8. The van der Waals surface area contributed by atoms with E-state index in [0.29, 0.717) is 73.5 Å². The summed E-state index contributed by atoms with van der Waals surface area (Å²) in [4.78, 5) is 54.8. The summed E-state index contributed by atoms with van der Waals surface area (Å²) in [5, 5.41) is 18.1. The fourth-order valence-corrected chi connectivity index (χ4v) is 7.91. The van der Waals surface area contributed by atoms with Crippen molar-refractivity contribution in [3.05, 3.63) is 92.0 Å². The number of aromatic nitrogens is 1. The number of urea groups is 1. The lowest BCUT2D eigenvalue weighted by molar-refractivity contribution is -0.140. The van der Waals surface area contributed by atoms with Crippen LogP contribution in [0.2, 0.25) is 5.02 Å². The molecule has 2 amide bonds. The van der Waals surface area contributed by atoms with E-state index in [1.54, 1.807) is 28.6 Å². The Hall–Kier alpha value is -4.48. The maximum atomic E-state index is 15.6. The Morgan fingerprint density at radius 2 is 1.90 bits per heavy atom. The molecule has 0 spiro atoms. The minimum absolute atomic E-state index is 0.110. The number of fused-ring (bicyclic) bond motifs is 1. The van der Waals surface area contributed by atoms with Crippen LogP contribution in [0.4, 0.5) is 19.3 Å². The van der Waals surface area contributed by atoms with Crippen molar-refractivity contribution in [2.24, 2.45) is 4.99 Å². The second kappa shape index (κ2) is 14.6. The van der Waals surface area contributed by atoms with E-state index in [4.69, 9.17) is 21.3 Å². The van der Waals surface area contributed by atoms with Gasteiger partial charge in [0.1, 0.15) is 23.7 Å². The Kier molecular flexibility index (Phi) is 10.0. The highest BCUT2D eigenvalue weighted by Crippen LogP contribution is 2.37. The van der Waals surface area contributed by atoms with Gasteiger partial charge in [0.05, 0.1) is 24.4 Å². The highest BCUT2D eigenvalue weighted by Gasteiger charge is 2.43. The van der Waals surface area contributed by atoms with Crippen molar-refractivity contribution in [3.8, 4) is 0 Å². The Balaban J connectivity index is 1.09. The van der Waals surface area contributed by atoms with Gasteiger partial charge in [-0.15, -0.1) is 11.3 Å². The molecule has 3 aromatic rings. The van der Waals surface area contributed by atoms with Crippen molar-refractivity contribution in [3.63, 3.8) is 0 Å². The number of methoxy groups -OCH3 is 1. The quantitative estimate of drug-likeness (QED) is 0.280. The van der Waals surface area contributed by atoms with Gasteiger partial charge in [-0.2, -0.15) is 0 Å². The fourth-order valence-electron chi connectivity index (χ4n) is 7.05. The number of hydrogen-bond acceptors (Lipinski definition) is 11. The number of thiazole rings is 1. The molecule has 0 saturated carbocycles. The number of amidine groups is 1. The summed E-state index contributed by atoms with van der Waals surface area (Å²) in [5.74, 6) is -2.17. The summed E-state index contributed by atoms with van der Waals surface area (Å²) in [5.41, 5.74) is 2.04. The number of piperazine rings is 2. The van der Waals surface area contributed by atoms with Crippen LogP contribution in [0.25, 0.3) is 0 Å².